The standard InChI is InChI=1S/C23H29NO/c1-3-5-17-24(18-6-4-2)23(25)22(21-15-11-8-12-16-21)19-20-13-9-7-10-14-20/h7-16,19H,3-6,17-18H2,1-2H3/b22-19-. The molecular weight excluding hydrogens is 306 g/mol. The topological polar surface area (TPSA) is 20.3 Å². The van der Waals surface area contributed by atoms with Crippen molar-refractivity contribution in [2.45, 2.75) is 39.5 Å². The summed E-state index contributed by atoms with van der Waals surface area (Å²) >= 11 is 0. The number of hydrogen-bond acceptors (Lipinski definition) is 1. The maximum atomic E-state index is 13.3. The summed E-state index contributed by atoms with van der Waals surface area (Å²) in [5.41, 5.74) is 2.81. The fourth-order valence-electron chi connectivity index (χ4n) is 2.79. The second kappa shape index (κ2) is 10.5. The summed E-state index contributed by atoms with van der Waals surface area (Å²) in [6.07, 6.45) is 6.30. The SMILES string of the molecule is CCCCN(CCCC)C(=O)/C(=C\c1ccccc1)c1ccccc1. The Morgan fingerprint density at radius 2 is 1.36 bits per heavy atom. The molecule has 0 saturated heterocycles. The third kappa shape index (κ3) is 5.90. The molecule has 0 radical (unpaired) electrons. The molecule has 0 N–H and O–H groups in total. The molecule has 2 aromatic carbocycles. The first-order valence-corrected chi connectivity index (χ1v) is 9.37. The van der Waals surface area contributed by atoms with Crippen molar-refractivity contribution in [3.05, 3.63) is 71.8 Å². The highest BCUT2D eigenvalue weighted by atomic mass is 16.2. The Morgan fingerprint density at radius 3 is 1.88 bits per heavy atom. The van der Waals surface area contributed by atoms with Crippen molar-refractivity contribution in [3.63, 3.8) is 0 Å². The normalized spacial score (nSPS) is 11.4. The van der Waals surface area contributed by atoms with Crippen LogP contribution < -0.4 is 0 Å². The van der Waals surface area contributed by atoms with Gasteiger partial charge in [0.2, 0.25) is 0 Å². The van der Waals surface area contributed by atoms with Crippen molar-refractivity contribution in [3.8, 4) is 0 Å². The minimum Gasteiger partial charge on any atom is -0.339 e. The van der Waals surface area contributed by atoms with Crippen LogP contribution in [0.25, 0.3) is 11.6 Å². The molecule has 0 aliphatic heterocycles. The minimum absolute atomic E-state index is 0.136. The highest BCUT2D eigenvalue weighted by Crippen LogP contribution is 2.21. The second-order valence-electron chi connectivity index (χ2n) is 6.33. The van der Waals surface area contributed by atoms with Gasteiger partial charge in [0.25, 0.3) is 5.91 Å². The lowest BCUT2D eigenvalue weighted by atomic mass is 10.0. The van der Waals surface area contributed by atoms with Gasteiger partial charge in [0.05, 0.1) is 0 Å². The van der Waals surface area contributed by atoms with Crippen molar-refractivity contribution < 1.29 is 4.79 Å². The van der Waals surface area contributed by atoms with E-state index in [1.807, 2.05) is 71.6 Å². The van der Waals surface area contributed by atoms with Crippen LogP contribution in [0, 0.1) is 0 Å². The van der Waals surface area contributed by atoms with Crippen molar-refractivity contribution in [2.75, 3.05) is 13.1 Å². The molecular formula is C23H29NO. The number of nitrogens with zero attached hydrogens (tertiary/aromatic N) is 1. The van der Waals surface area contributed by atoms with Crippen LogP contribution in [0.3, 0.4) is 0 Å². The molecule has 0 bridgehead atoms. The van der Waals surface area contributed by atoms with Crippen LogP contribution in [-0.4, -0.2) is 23.9 Å². The van der Waals surface area contributed by atoms with Gasteiger partial charge in [-0.25, -0.2) is 0 Å². The van der Waals surface area contributed by atoms with Crippen LogP contribution in [-0.2, 0) is 4.79 Å². The Hall–Kier alpha value is -2.35. The highest BCUT2D eigenvalue weighted by molar-refractivity contribution is 6.24. The van der Waals surface area contributed by atoms with E-state index in [4.69, 9.17) is 0 Å². The summed E-state index contributed by atoms with van der Waals surface area (Å²) in [5.74, 6) is 0.136. The Labute approximate surface area is 152 Å². The molecule has 132 valence electrons. The number of benzene rings is 2. The van der Waals surface area contributed by atoms with Gasteiger partial charge < -0.3 is 4.90 Å². The van der Waals surface area contributed by atoms with Crippen molar-refractivity contribution in [1.29, 1.82) is 0 Å². The van der Waals surface area contributed by atoms with Gasteiger partial charge in [0, 0.05) is 18.7 Å². The maximum absolute atomic E-state index is 13.3. The number of rotatable bonds is 9. The molecule has 0 fully saturated rings. The van der Waals surface area contributed by atoms with E-state index in [2.05, 4.69) is 13.8 Å². The molecule has 2 nitrogen and oxygen atoms in total. The van der Waals surface area contributed by atoms with Gasteiger partial charge in [-0.3, -0.25) is 4.79 Å². The summed E-state index contributed by atoms with van der Waals surface area (Å²) in [7, 11) is 0. The lowest BCUT2D eigenvalue weighted by Gasteiger charge is -2.24. The van der Waals surface area contributed by atoms with Gasteiger partial charge in [0.15, 0.2) is 0 Å². The van der Waals surface area contributed by atoms with E-state index in [0.29, 0.717) is 0 Å². The molecule has 0 aliphatic carbocycles. The van der Waals surface area contributed by atoms with Gasteiger partial charge in [-0.1, -0.05) is 87.4 Å². The third-order valence-electron chi connectivity index (χ3n) is 4.28. The Kier molecular flexibility index (Phi) is 7.97. The van der Waals surface area contributed by atoms with E-state index in [1.54, 1.807) is 0 Å². The number of unbranched alkanes of at least 4 members (excludes halogenated alkanes) is 2. The zero-order chi connectivity index (χ0) is 17.9. The summed E-state index contributed by atoms with van der Waals surface area (Å²) in [4.78, 5) is 15.3. The lowest BCUT2D eigenvalue weighted by molar-refractivity contribution is -0.125. The molecule has 0 atom stereocenters. The predicted octanol–water partition coefficient (Wildman–Crippen LogP) is 5.66. The largest absolute Gasteiger partial charge is 0.339 e. The van der Waals surface area contributed by atoms with E-state index in [1.165, 1.54) is 0 Å². The molecule has 0 aliphatic rings. The van der Waals surface area contributed by atoms with Crippen LogP contribution in [0.1, 0.15) is 50.7 Å². The number of carbonyl (C=O) groups excluding carboxylic acids is 1. The van der Waals surface area contributed by atoms with Crippen molar-refractivity contribution >= 4 is 17.6 Å². The predicted molar refractivity (Wildman–Crippen MR) is 107 cm³/mol. The summed E-state index contributed by atoms with van der Waals surface area (Å²) in [5, 5.41) is 0. The Morgan fingerprint density at radius 1 is 0.840 bits per heavy atom. The first-order chi connectivity index (χ1) is 12.3. The molecule has 1 amide bonds. The molecule has 0 spiro atoms. The average molecular weight is 335 g/mol. The fraction of sp³-hybridized carbons (Fsp3) is 0.348. The number of hydrogen-bond donors (Lipinski definition) is 0. The molecule has 0 saturated carbocycles. The monoisotopic (exact) mass is 335 g/mol. The molecule has 2 aromatic rings. The van der Waals surface area contributed by atoms with E-state index in [9.17, 15) is 4.79 Å². The Bertz CT molecular complexity index is 653. The maximum Gasteiger partial charge on any atom is 0.254 e. The smallest absolute Gasteiger partial charge is 0.254 e. The molecule has 25 heavy (non-hydrogen) atoms. The van der Waals surface area contributed by atoms with Gasteiger partial charge >= 0.3 is 0 Å². The van der Waals surface area contributed by atoms with Crippen LogP contribution >= 0.6 is 0 Å². The summed E-state index contributed by atoms with van der Waals surface area (Å²) in [6.45, 7) is 5.99. The van der Waals surface area contributed by atoms with Crippen LogP contribution in [0.5, 0.6) is 0 Å². The van der Waals surface area contributed by atoms with Crippen molar-refractivity contribution in [1.82, 2.24) is 4.90 Å². The number of amides is 1. The van der Waals surface area contributed by atoms with E-state index < -0.39 is 0 Å². The fourth-order valence-corrected chi connectivity index (χ4v) is 2.79. The minimum atomic E-state index is 0.136. The second-order valence-corrected chi connectivity index (χ2v) is 6.33. The molecule has 0 heterocycles. The van der Waals surface area contributed by atoms with E-state index >= 15 is 0 Å². The van der Waals surface area contributed by atoms with Gasteiger partial charge in [-0.15, -0.1) is 0 Å². The molecule has 2 rings (SSSR count). The first-order valence-electron chi connectivity index (χ1n) is 9.37. The van der Waals surface area contributed by atoms with Crippen LogP contribution in [0.4, 0.5) is 0 Å². The van der Waals surface area contributed by atoms with Crippen LogP contribution in [0.15, 0.2) is 60.7 Å². The quantitative estimate of drug-likeness (QED) is 0.428. The lowest BCUT2D eigenvalue weighted by Crippen LogP contribution is -2.33. The Balaban J connectivity index is 2.35. The summed E-state index contributed by atoms with van der Waals surface area (Å²) in [6, 6.07) is 20.1. The number of carbonyl (C=O) groups is 1. The summed E-state index contributed by atoms with van der Waals surface area (Å²) < 4.78 is 0. The molecule has 0 unspecified atom stereocenters. The molecule has 2 heteroatoms. The van der Waals surface area contributed by atoms with Gasteiger partial charge in [0.1, 0.15) is 0 Å². The van der Waals surface area contributed by atoms with Gasteiger partial charge in [-0.05, 0) is 30.0 Å². The third-order valence-corrected chi connectivity index (χ3v) is 4.28. The highest BCUT2D eigenvalue weighted by Gasteiger charge is 2.19. The van der Waals surface area contributed by atoms with E-state index in [-0.39, 0.29) is 5.91 Å². The van der Waals surface area contributed by atoms with Gasteiger partial charge in [-0.2, -0.15) is 0 Å². The zero-order valence-electron chi connectivity index (χ0n) is 15.4. The molecule has 0 aromatic heterocycles. The zero-order valence-corrected chi connectivity index (χ0v) is 15.4. The first kappa shape index (κ1) is 19.0. The van der Waals surface area contributed by atoms with Crippen LogP contribution in [0.2, 0.25) is 0 Å². The van der Waals surface area contributed by atoms with Crippen molar-refractivity contribution in [2.24, 2.45) is 0 Å². The van der Waals surface area contributed by atoms with E-state index in [0.717, 1.165) is 55.5 Å². The average Bonchev–Trinajstić information content (AvgIpc) is 2.67.